The highest BCUT2D eigenvalue weighted by Crippen LogP contribution is 2.15. The van der Waals surface area contributed by atoms with Crippen LogP contribution in [-0.4, -0.2) is 49.1 Å². The first-order valence-corrected chi connectivity index (χ1v) is 6.82. The first kappa shape index (κ1) is 16.4. The van der Waals surface area contributed by atoms with E-state index in [4.69, 9.17) is 4.74 Å². The van der Waals surface area contributed by atoms with Crippen molar-refractivity contribution in [3.63, 3.8) is 0 Å². The predicted molar refractivity (Wildman–Crippen MR) is 76.4 cm³/mol. The fourth-order valence-corrected chi connectivity index (χ4v) is 1.64. The van der Waals surface area contributed by atoms with Crippen LogP contribution in [0, 0.1) is 5.82 Å². The molecule has 0 aliphatic carbocycles. The van der Waals surface area contributed by atoms with Crippen molar-refractivity contribution in [2.24, 2.45) is 0 Å². The standard InChI is InChI=1S/C14H22FN3O2/c1-4-6-16-13-12(9-11(15)10-17-13)14(19)18(3)7-8-20-5-2/h9-10H,4-8H2,1-3H3,(H,16,17). The summed E-state index contributed by atoms with van der Waals surface area (Å²) in [5, 5.41) is 3.04. The van der Waals surface area contributed by atoms with E-state index >= 15 is 0 Å². The number of halogens is 1. The minimum atomic E-state index is -0.520. The van der Waals surface area contributed by atoms with Gasteiger partial charge in [0.15, 0.2) is 0 Å². The van der Waals surface area contributed by atoms with Crippen molar-refractivity contribution in [3.8, 4) is 0 Å². The summed E-state index contributed by atoms with van der Waals surface area (Å²) in [4.78, 5) is 17.8. The minimum absolute atomic E-state index is 0.248. The number of nitrogens with zero attached hydrogens (tertiary/aromatic N) is 2. The molecule has 1 aromatic heterocycles. The maximum absolute atomic E-state index is 13.3. The predicted octanol–water partition coefficient (Wildman–Crippen LogP) is 2.15. The van der Waals surface area contributed by atoms with Gasteiger partial charge in [-0.05, 0) is 19.4 Å². The molecule has 0 fully saturated rings. The fourth-order valence-electron chi connectivity index (χ4n) is 1.64. The molecule has 1 aromatic rings. The maximum Gasteiger partial charge on any atom is 0.257 e. The summed E-state index contributed by atoms with van der Waals surface area (Å²) >= 11 is 0. The molecular formula is C14H22FN3O2. The second-order valence-corrected chi connectivity index (χ2v) is 4.40. The normalized spacial score (nSPS) is 10.4. The van der Waals surface area contributed by atoms with Crippen molar-refractivity contribution >= 4 is 11.7 Å². The van der Waals surface area contributed by atoms with Crippen LogP contribution in [0.3, 0.4) is 0 Å². The molecule has 0 unspecified atom stereocenters. The summed E-state index contributed by atoms with van der Waals surface area (Å²) in [6, 6.07) is 1.21. The van der Waals surface area contributed by atoms with E-state index in [0.29, 0.717) is 32.1 Å². The van der Waals surface area contributed by atoms with E-state index in [9.17, 15) is 9.18 Å². The molecule has 0 aliphatic heterocycles. The maximum atomic E-state index is 13.3. The molecule has 0 saturated carbocycles. The van der Waals surface area contributed by atoms with Gasteiger partial charge in [-0.2, -0.15) is 0 Å². The van der Waals surface area contributed by atoms with E-state index in [1.165, 1.54) is 11.0 Å². The Morgan fingerprint density at radius 3 is 2.90 bits per heavy atom. The molecule has 1 rings (SSSR count). The molecule has 0 aromatic carbocycles. The smallest absolute Gasteiger partial charge is 0.257 e. The van der Waals surface area contributed by atoms with Gasteiger partial charge >= 0.3 is 0 Å². The molecule has 20 heavy (non-hydrogen) atoms. The van der Waals surface area contributed by atoms with Crippen LogP contribution in [-0.2, 0) is 4.74 Å². The number of amides is 1. The Balaban J connectivity index is 2.81. The molecule has 0 atom stereocenters. The molecule has 0 aliphatic rings. The number of aromatic nitrogens is 1. The highest BCUT2D eigenvalue weighted by Gasteiger charge is 2.17. The number of anilines is 1. The second-order valence-electron chi connectivity index (χ2n) is 4.40. The monoisotopic (exact) mass is 283 g/mol. The SMILES string of the molecule is CCCNc1ncc(F)cc1C(=O)N(C)CCOCC. The third kappa shape index (κ3) is 4.77. The summed E-state index contributed by atoms with van der Waals surface area (Å²) in [7, 11) is 1.66. The Labute approximate surface area is 119 Å². The van der Waals surface area contributed by atoms with Crippen LogP contribution in [0.1, 0.15) is 30.6 Å². The van der Waals surface area contributed by atoms with Crippen LogP contribution in [0.15, 0.2) is 12.3 Å². The first-order valence-electron chi connectivity index (χ1n) is 6.82. The van der Waals surface area contributed by atoms with Gasteiger partial charge in [-0.3, -0.25) is 4.79 Å². The molecule has 112 valence electrons. The number of hydrogen-bond acceptors (Lipinski definition) is 4. The third-order valence-corrected chi connectivity index (χ3v) is 2.75. The zero-order valence-electron chi connectivity index (χ0n) is 12.3. The molecule has 6 heteroatoms. The van der Waals surface area contributed by atoms with Gasteiger partial charge in [0.05, 0.1) is 18.4 Å². The summed E-state index contributed by atoms with van der Waals surface area (Å²) in [5.74, 6) is -0.370. The van der Waals surface area contributed by atoms with Crippen molar-refractivity contribution in [1.29, 1.82) is 0 Å². The Morgan fingerprint density at radius 2 is 2.25 bits per heavy atom. The highest BCUT2D eigenvalue weighted by atomic mass is 19.1. The van der Waals surface area contributed by atoms with Crippen molar-refractivity contribution in [1.82, 2.24) is 9.88 Å². The van der Waals surface area contributed by atoms with Gasteiger partial charge < -0.3 is 15.0 Å². The average Bonchev–Trinajstić information content (AvgIpc) is 2.45. The molecule has 0 bridgehead atoms. The molecule has 1 N–H and O–H groups in total. The van der Waals surface area contributed by atoms with Crippen LogP contribution in [0.25, 0.3) is 0 Å². The minimum Gasteiger partial charge on any atom is -0.380 e. The molecule has 1 amide bonds. The average molecular weight is 283 g/mol. The van der Waals surface area contributed by atoms with E-state index in [1.807, 2.05) is 13.8 Å². The van der Waals surface area contributed by atoms with E-state index in [2.05, 4.69) is 10.3 Å². The molecule has 5 nitrogen and oxygen atoms in total. The van der Waals surface area contributed by atoms with Crippen molar-refractivity contribution in [3.05, 3.63) is 23.6 Å². The van der Waals surface area contributed by atoms with Gasteiger partial charge in [-0.15, -0.1) is 0 Å². The lowest BCUT2D eigenvalue weighted by Gasteiger charge is -2.19. The van der Waals surface area contributed by atoms with Crippen LogP contribution >= 0.6 is 0 Å². The lowest BCUT2D eigenvalue weighted by atomic mass is 10.2. The van der Waals surface area contributed by atoms with Crippen LogP contribution in [0.4, 0.5) is 10.2 Å². The quantitative estimate of drug-likeness (QED) is 0.743. The third-order valence-electron chi connectivity index (χ3n) is 2.75. The van der Waals surface area contributed by atoms with Gasteiger partial charge in [-0.25, -0.2) is 9.37 Å². The number of rotatable bonds is 8. The summed E-state index contributed by atoms with van der Waals surface area (Å²) in [6.07, 6.45) is 2.00. The second kappa shape index (κ2) is 8.47. The van der Waals surface area contributed by atoms with Gasteiger partial charge in [0.1, 0.15) is 11.6 Å². The number of nitrogens with one attached hydrogen (secondary N) is 1. The summed E-state index contributed by atoms with van der Waals surface area (Å²) < 4.78 is 18.5. The Kier molecular flexibility index (Phi) is 6.93. The van der Waals surface area contributed by atoms with Crippen molar-refractivity contribution in [2.75, 3.05) is 38.7 Å². The molecule has 0 spiro atoms. The van der Waals surface area contributed by atoms with E-state index in [-0.39, 0.29) is 11.5 Å². The summed E-state index contributed by atoms with van der Waals surface area (Å²) in [6.45, 7) is 6.10. The van der Waals surface area contributed by atoms with Crippen LogP contribution in [0.5, 0.6) is 0 Å². The molecule has 1 heterocycles. The Hall–Kier alpha value is -1.69. The van der Waals surface area contributed by atoms with Gasteiger partial charge in [0.25, 0.3) is 5.91 Å². The Bertz CT molecular complexity index is 440. The number of hydrogen-bond donors (Lipinski definition) is 1. The lowest BCUT2D eigenvalue weighted by Crippen LogP contribution is -2.31. The molecular weight excluding hydrogens is 261 g/mol. The molecule has 0 saturated heterocycles. The summed E-state index contributed by atoms with van der Waals surface area (Å²) in [5.41, 5.74) is 0.248. The largest absolute Gasteiger partial charge is 0.380 e. The Morgan fingerprint density at radius 1 is 1.50 bits per heavy atom. The van der Waals surface area contributed by atoms with E-state index < -0.39 is 5.82 Å². The van der Waals surface area contributed by atoms with E-state index in [0.717, 1.165) is 12.6 Å². The number of ether oxygens (including phenoxy) is 1. The zero-order chi connectivity index (χ0) is 15.0. The van der Waals surface area contributed by atoms with Gasteiger partial charge in [0, 0.05) is 26.7 Å². The van der Waals surface area contributed by atoms with Crippen molar-refractivity contribution < 1.29 is 13.9 Å². The topological polar surface area (TPSA) is 54.5 Å². The van der Waals surface area contributed by atoms with Gasteiger partial charge in [-0.1, -0.05) is 6.92 Å². The van der Waals surface area contributed by atoms with Gasteiger partial charge in [0.2, 0.25) is 0 Å². The first-order chi connectivity index (χ1) is 9.60. The van der Waals surface area contributed by atoms with Crippen LogP contribution in [0.2, 0.25) is 0 Å². The number of likely N-dealkylation sites (N-methyl/N-ethyl adjacent to an activating group) is 1. The zero-order valence-corrected chi connectivity index (χ0v) is 12.3. The van der Waals surface area contributed by atoms with Crippen LogP contribution < -0.4 is 5.32 Å². The molecule has 0 radical (unpaired) electrons. The number of pyridine rings is 1. The number of carbonyl (C=O) groups is 1. The highest BCUT2D eigenvalue weighted by molar-refractivity contribution is 5.98. The lowest BCUT2D eigenvalue weighted by molar-refractivity contribution is 0.0710. The van der Waals surface area contributed by atoms with Crippen molar-refractivity contribution in [2.45, 2.75) is 20.3 Å². The number of carbonyl (C=O) groups excluding carboxylic acids is 1. The van der Waals surface area contributed by atoms with E-state index in [1.54, 1.807) is 7.05 Å². The fraction of sp³-hybridized carbons (Fsp3) is 0.571.